The van der Waals surface area contributed by atoms with Crippen molar-refractivity contribution in [3.63, 3.8) is 0 Å². The van der Waals surface area contributed by atoms with Crippen LogP contribution in [0.1, 0.15) is 44.9 Å². The van der Waals surface area contributed by atoms with Crippen LogP contribution in [0.3, 0.4) is 0 Å². The zero-order chi connectivity index (χ0) is 11.5. The molecule has 0 spiro atoms. The smallest absolute Gasteiger partial charge is 0.118 e. The molecule has 0 nitrogen and oxygen atoms in total. The van der Waals surface area contributed by atoms with Crippen LogP contribution in [0.5, 0.6) is 0 Å². The van der Waals surface area contributed by atoms with Crippen LogP contribution in [0.15, 0.2) is 24.1 Å². The van der Waals surface area contributed by atoms with Crippen molar-refractivity contribution in [2.24, 2.45) is 29.1 Å². The summed E-state index contributed by atoms with van der Waals surface area (Å²) in [4.78, 5) is 0. The van der Waals surface area contributed by atoms with Crippen molar-refractivity contribution in [2.75, 3.05) is 0 Å². The van der Waals surface area contributed by atoms with Gasteiger partial charge in [0.05, 0.1) is 0 Å². The molecule has 0 saturated heterocycles. The Morgan fingerprint density at radius 3 is 2.06 bits per heavy atom. The van der Waals surface area contributed by atoms with Gasteiger partial charge in [-0.3, -0.25) is 0 Å². The Morgan fingerprint density at radius 1 is 1.00 bits per heavy atom. The molecular weight excluding hydrogens is 211 g/mol. The van der Waals surface area contributed by atoms with Crippen LogP contribution in [-0.2, 0) is 0 Å². The second kappa shape index (κ2) is 3.46. The van der Waals surface area contributed by atoms with Crippen molar-refractivity contribution >= 4 is 0 Å². The molecule has 17 heavy (non-hydrogen) atoms. The standard InChI is InChI=1S/C16H21F/c17-15-3-1-14(2-4-15)16-8-11-5-12(9-16)7-13(6-11)10-16/h1,3-4,11-14H,2,5-10H2. The van der Waals surface area contributed by atoms with Gasteiger partial charge in [-0.25, -0.2) is 4.39 Å². The summed E-state index contributed by atoms with van der Waals surface area (Å²) in [5, 5.41) is 0. The van der Waals surface area contributed by atoms with Crippen molar-refractivity contribution in [3.8, 4) is 0 Å². The average molecular weight is 232 g/mol. The van der Waals surface area contributed by atoms with Crippen LogP contribution in [0.25, 0.3) is 0 Å². The molecule has 0 aromatic carbocycles. The topological polar surface area (TPSA) is 0 Å². The molecule has 1 atom stereocenters. The summed E-state index contributed by atoms with van der Waals surface area (Å²) >= 11 is 0. The predicted molar refractivity (Wildman–Crippen MR) is 67.0 cm³/mol. The van der Waals surface area contributed by atoms with E-state index in [1.165, 1.54) is 38.5 Å². The number of hydrogen-bond acceptors (Lipinski definition) is 0. The Labute approximate surface area is 103 Å². The van der Waals surface area contributed by atoms with Crippen LogP contribution in [0.4, 0.5) is 4.39 Å². The van der Waals surface area contributed by atoms with Gasteiger partial charge in [-0.2, -0.15) is 0 Å². The van der Waals surface area contributed by atoms with E-state index in [0.29, 0.717) is 11.3 Å². The number of halogens is 1. The molecule has 92 valence electrons. The molecule has 0 aromatic rings. The fourth-order valence-corrected chi connectivity index (χ4v) is 5.68. The van der Waals surface area contributed by atoms with Gasteiger partial charge >= 0.3 is 0 Å². The van der Waals surface area contributed by atoms with Gasteiger partial charge in [0.15, 0.2) is 0 Å². The first kappa shape index (κ1) is 10.3. The molecule has 0 radical (unpaired) electrons. The fourth-order valence-electron chi connectivity index (χ4n) is 5.68. The highest BCUT2D eigenvalue weighted by Gasteiger charge is 2.53. The second-order valence-corrected chi connectivity index (χ2v) is 7.07. The van der Waals surface area contributed by atoms with E-state index in [9.17, 15) is 4.39 Å². The molecule has 0 heterocycles. The second-order valence-electron chi connectivity index (χ2n) is 7.07. The van der Waals surface area contributed by atoms with E-state index in [1.807, 2.05) is 6.08 Å². The predicted octanol–water partition coefficient (Wildman–Crippen LogP) is 4.63. The molecule has 5 rings (SSSR count). The van der Waals surface area contributed by atoms with Gasteiger partial charge in [0.1, 0.15) is 5.83 Å². The lowest BCUT2D eigenvalue weighted by Crippen LogP contribution is -2.49. The van der Waals surface area contributed by atoms with Crippen molar-refractivity contribution in [2.45, 2.75) is 44.9 Å². The Hall–Kier alpha value is -0.590. The van der Waals surface area contributed by atoms with Crippen LogP contribution in [-0.4, -0.2) is 0 Å². The summed E-state index contributed by atoms with van der Waals surface area (Å²) in [5.74, 6) is 3.63. The van der Waals surface area contributed by atoms with Crippen molar-refractivity contribution in [3.05, 3.63) is 24.1 Å². The van der Waals surface area contributed by atoms with Crippen LogP contribution < -0.4 is 0 Å². The Kier molecular flexibility index (Phi) is 2.11. The monoisotopic (exact) mass is 232 g/mol. The van der Waals surface area contributed by atoms with Crippen LogP contribution >= 0.6 is 0 Å². The minimum atomic E-state index is -0.0222. The summed E-state index contributed by atoms with van der Waals surface area (Å²) in [5.41, 5.74) is 0.558. The third kappa shape index (κ3) is 1.54. The molecule has 0 aliphatic heterocycles. The van der Waals surface area contributed by atoms with Crippen molar-refractivity contribution in [1.82, 2.24) is 0 Å². The normalized spacial score (nSPS) is 51.7. The maximum Gasteiger partial charge on any atom is 0.118 e. The maximum atomic E-state index is 13.1. The first-order valence-corrected chi connectivity index (χ1v) is 7.27. The highest BCUT2D eigenvalue weighted by molar-refractivity contribution is 5.21. The number of rotatable bonds is 1. The molecular formula is C16H21F. The molecule has 0 N–H and O–H groups in total. The zero-order valence-electron chi connectivity index (χ0n) is 10.4. The lowest BCUT2D eigenvalue weighted by molar-refractivity contribution is -0.0760. The first-order valence-electron chi connectivity index (χ1n) is 7.27. The van der Waals surface area contributed by atoms with Gasteiger partial charge in [-0.1, -0.05) is 6.08 Å². The molecule has 0 amide bonds. The SMILES string of the molecule is FC1=CCC(C23CC4CC(CC(C4)C2)C3)C=C1. The molecule has 1 heteroatoms. The molecule has 4 saturated carbocycles. The molecule has 4 fully saturated rings. The lowest BCUT2D eigenvalue weighted by atomic mass is 9.46. The van der Waals surface area contributed by atoms with Gasteiger partial charge in [-0.05, 0) is 86.2 Å². The lowest BCUT2D eigenvalue weighted by Gasteiger charge is -2.59. The molecule has 1 unspecified atom stereocenters. The van der Waals surface area contributed by atoms with E-state index < -0.39 is 0 Å². The summed E-state index contributed by atoms with van der Waals surface area (Å²) in [6.45, 7) is 0. The zero-order valence-corrected chi connectivity index (χ0v) is 10.4. The van der Waals surface area contributed by atoms with E-state index >= 15 is 0 Å². The van der Waals surface area contributed by atoms with E-state index in [2.05, 4.69) is 6.08 Å². The highest BCUT2D eigenvalue weighted by Crippen LogP contribution is 2.63. The van der Waals surface area contributed by atoms with Gasteiger partial charge in [0.25, 0.3) is 0 Å². The Balaban J connectivity index is 1.63. The third-order valence-corrected chi connectivity index (χ3v) is 5.93. The largest absolute Gasteiger partial charge is 0.207 e. The highest BCUT2D eigenvalue weighted by atomic mass is 19.1. The van der Waals surface area contributed by atoms with E-state index in [0.717, 1.165) is 24.2 Å². The summed E-state index contributed by atoms with van der Waals surface area (Å²) in [6.07, 6.45) is 15.5. The van der Waals surface area contributed by atoms with Crippen molar-refractivity contribution < 1.29 is 4.39 Å². The molecule has 4 bridgehead atoms. The minimum absolute atomic E-state index is 0.0222. The minimum Gasteiger partial charge on any atom is -0.207 e. The van der Waals surface area contributed by atoms with E-state index in [-0.39, 0.29) is 5.83 Å². The van der Waals surface area contributed by atoms with E-state index in [1.54, 1.807) is 6.08 Å². The van der Waals surface area contributed by atoms with Crippen LogP contribution in [0, 0.1) is 29.1 Å². The van der Waals surface area contributed by atoms with Gasteiger partial charge < -0.3 is 0 Å². The quantitative estimate of drug-likeness (QED) is 0.618. The Bertz CT molecular complexity index is 355. The fraction of sp³-hybridized carbons (Fsp3) is 0.750. The molecule has 5 aliphatic carbocycles. The summed E-state index contributed by atoms with van der Waals surface area (Å²) in [7, 11) is 0. The van der Waals surface area contributed by atoms with Gasteiger partial charge in [0.2, 0.25) is 0 Å². The Morgan fingerprint density at radius 2 is 1.59 bits per heavy atom. The summed E-state index contributed by atoms with van der Waals surface area (Å²) in [6, 6.07) is 0. The van der Waals surface area contributed by atoms with Crippen molar-refractivity contribution in [1.29, 1.82) is 0 Å². The number of hydrogen-bond donors (Lipinski definition) is 0. The van der Waals surface area contributed by atoms with Gasteiger partial charge in [0, 0.05) is 0 Å². The molecule has 0 aromatic heterocycles. The molecule has 5 aliphatic rings. The number of allylic oxidation sites excluding steroid dienone is 4. The average Bonchev–Trinajstić information content (AvgIpc) is 2.27. The summed E-state index contributed by atoms with van der Waals surface area (Å²) < 4.78 is 13.1. The van der Waals surface area contributed by atoms with Gasteiger partial charge in [-0.15, -0.1) is 0 Å². The van der Waals surface area contributed by atoms with E-state index in [4.69, 9.17) is 0 Å². The third-order valence-electron chi connectivity index (χ3n) is 5.93. The maximum absolute atomic E-state index is 13.1. The van der Waals surface area contributed by atoms with Crippen LogP contribution in [0.2, 0.25) is 0 Å². The first-order chi connectivity index (χ1) is 8.23.